The quantitative estimate of drug-likeness (QED) is 0.837. The average molecular weight is 361 g/mol. The van der Waals surface area contributed by atoms with Crippen molar-refractivity contribution in [2.75, 3.05) is 65.3 Å². The Morgan fingerprint density at radius 3 is 2.58 bits per heavy atom. The third-order valence-electron chi connectivity index (χ3n) is 5.47. The molecule has 2 heterocycles. The molecule has 0 saturated carbocycles. The average Bonchev–Trinajstić information content (AvgIpc) is 2.68. The lowest BCUT2D eigenvalue weighted by molar-refractivity contribution is -0.132. The van der Waals surface area contributed by atoms with Gasteiger partial charge in [0.2, 0.25) is 5.91 Å². The van der Waals surface area contributed by atoms with E-state index in [-0.39, 0.29) is 0 Å². The largest absolute Gasteiger partial charge is 0.497 e. The van der Waals surface area contributed by atoms with Crippen LogP contribution in [0.5, 0.6) is 5.75 Å². The molecule has 1 unspecified atom stereocenters. The molecule has 0 bridgehead atoms. The van der Waals surface area contributed by atoms with Crippen molar-refractivity contribution >= 4 is 11.6 Å². The molecule has 1 amide bonds. The van der Waals surface area contributed by atoms with Gasteiger partial charge in [-0.2, -0.15) is 0 Å². The van der Waals surface area contributed by atoms with Crippen LogP contribution in [0.15, 0.2) is 24.3 Å². The first-order valence-electron chi connectivity index (χ1n) is 9.73. The monoisotopic (exact) mass is 360 g/mol. The van der Waals surface area contributed by atoms with Crippen molar-refractivity contribution in [3.8, 4) is 5.75 Å². The van der Waals surface area contributed by atoms with Gasteiger partial charge < -0.3 is 24.8 Å². The summed E-state index contributed by atoms with van der Waals surface area (Å²) >= 11 is 0. The third kappa shape index (κ3) is 5.35. The number of hydrogen-bond acceptors (Lipinski definition) is 5. The zero-order valence-electron chi connectivity index (χ0n) is 16.1. The van der Waals surface area contributed by atoms with E-state index in [0.29, 0.717) is 18.4 Å². The fraction of sp³-hybridized carbons (Fsp3) is 0.650. The second-order valence-corrected chi connectivity index (χ2v) is 7.45. The number of methoxy groups -OCH3 is 1. The van der Waals surface area contributed by atoms with Crippen LogP contribution < -0.4 is 10.1 Å². The smallest absolute Gasteiger partial charge is 0.223 e. The van der Waals surface area contributed by atoms with Gasteiger partial charge in [0.15, 0.2) is 0 Å². The maximum atomic E-state index is 12.6. The van der Waals surface area contributed by atoms with E-state index in [2.05, 4.69) is 22.2 Å². The predicted octanol–water partition coefficient (Wildman–Crippen LogP) is 1.74. The number of likely N-dealkylation sites (tertiary alicyclic amines) is 1. The van der Waals surface area contributed by atoms with Crippen molar-refractivity contribution in [1.29, 1.82) is 0 Å². The molecule has 2 fully saturated rings. The van der Waals surface area contributed by atoms with Gasteiger partial charge in [-0.15, -0.1) is 0 Å². The van der Waals surface area contributed by atoms with Gasteiger partial charge in [-0.1, -0.05) is 0 Å². The first-order chi connectivity index (χ1) is 12.6. The molecule has 6 heteroatoms. The number of nitrogens with zero attached hydrogens (tertiary/aromatic N) is 3. The summed E-state index contributed by atoms with van der Waals surface area (Å²) < 4.78 is 5.20. The zero-order chi connectivity index (χ0) is 18.4. The van der Waals surface area contributed by atoms with Crippen molar-refractivity contribution in [3.05, 3.63) is 24.3 Å². The minimum Gasteiger partial charge on any atom is -0.497 e. The number of carbonyl (C=O) groups is 1. The molecule has 144 valence electrons. The Bertz CT molecular complexity index is 570. The first kappa shape index (κ1) is 19.0. The van der Waals surface area contributed by atoms with Gasteiger partial charge in [0.25, 0.3) is 0 Å². The maximum Gasteiger partial charge on any atom is 0.223 e. The van der Waals surface area contributed by atoms with Crippen LogP contribution in [0.1, 0.15) is 19.3 Å². The van der Waals surface area contributed by atoms with Gasteiger partial charge in [0.1, 0.15) is 5.75 Å². The Morgan fingerprint density at radius 1 is 1.15 bits per heavy atom. The Kier molecular flexibility index (Phi) is 6.74. The van der Waals surface area contributed by atoms with Crippen molar-refractivity contribution in [2.45, 2.75) is 25.3 Å². The summed E-state index contributed by atoms with van der Waals surface area (Å²) in [5.41, 5.74) is 1.09. The van der Waals surface area contributed by atoms with E-state index in [1.54, 1.807) is 7.11 Å². The number of carbonyl (C=O) groups excluding carboxylic acids is 1. The van der Waals surface area contributed by atoms with Gasteiger partial charge >= 0.3 is 0 Å². The summed E-state index contributed by atoms with van der Waals surface area (Å²) in [4.78, 5) is 19.4. The number of rotatable bonds is 6. The second kappa shape index (κ2) is 9.24. The summed E-state index contributed by atoms with van der Waals surface area (Å²) in [7, 11) is 3.83. The molecule has 2 aliphatic rings. The van der Waals surface area contributed by atoms with Crippen molar-refractivity contribution in [3.63, 3.8) is 0 Å². The Balaban J connectivity index is 1.44. The van der Waals surface area contributed by atoms with Crippen LogP contribution in [-0.4, -0.2) is 86.6 Å². The highest BCUT2D eigenvalue weighted by Gasteiger charge is 2.24. The van der Waals surface area contributed by atoms with Crippen LogP contribution in [0.3, 0.4) is 0 Å². The third-order valence-corrected chi connectivity index (χ3v) is 5.47. The van der Waals surface area contributed by atoms with Gasteiger partial charge in [-0.25, -0.2) is 0 Å². The molecule has 1 N–H and O–H groups in total. The molecule has 3 rings (SSSR count). The van der Waals surface area contributed by atoms with E-state index in [0.717, 1.165) is 70.1 Å². The van der Waals surface area contributed by atoms with Crippen LogP contribution in [0.2, 0.25) is 0 Å². The van der Waals surface area contributed by atoms with E-state index >= 15 is 0 Å². The lowest BCUT2D eigenvalue weighted by Crippen LogP contribution is -2.48. The molecule has 1 atom stereocenters. The molecule has 2 aliphatic heterocycles. The van der Waals surface area contributed by atoms with Crippen molar-refractivity contribution in [2.24, 2.45) is 0 Å². The van der Waals surface area contributed by atoms with E-state index in [1.807, 2.05) is 29.2 Å². The SMILES string of the molecule is COc1ccc(NC2CCCN(C(=O)CCN3CCN(C)CC3)C2)cc1. The Labute approximate surface area is 157 Å². The number of likely N-dealkylation sites (N-methyl/N-ethyl adjacent to an activating group) is 1. The van der Waals surface area contributed by atoms with E-state index in [9.17, 15) is 4.79 Å². The fourth-order valence-corrected chi connectivity index (χ4v) is 3.73. The zero-order valence-corrected chi connectivity index (χ0v) is 16.1. The lowest BCUT2D eigenvalue weighted by atomic mass is 10.0. The van der Waals surface area contributed by atoms with Crippen LogP contribution in [0.25, 0.3) is 0 Å². The highest BCUT2D eigenvalue weighted by molar-refractivity contribution is 5.76. The fourth-order valence-electron chi connectivity index (χ4n) is 3.73. The number of nitrogens with one attached hydrogen (secondary N) is 1. The molecule has 1 aromatic rings. The van der Waals surface area contributed by atoms with Crippen LogP contribution >= 0.6 is 0 Å². The van der Waals surface area contributed by atoms with Crippen molar-refractivity contribution < 1.29 is 9.53 Å². The standard InChI is InChI=1S/C20H32N4O2/c1-22-12-14-23(15-13-22)11-9-20(25)24-10-3-4-18(16-24)21-17-5-7-19(26-2)8-6-17/h5-8,18,21H,3-4,9-16H2,1-2H3. The molecular weight excluding hydrogens is 328 g/mol. The molecule has 0 aromatic heterocycles. The number of benzene rings is 1. The Hall–Kier alpha value is -1.79. The summed E-state index contributed by atoms with van der Waals surface area (Å²) in [6.45, 7) is 6.93. The molecule has 1 aromatic carbocycles. The number of anilines is 1. The summed E-state index contributed by atoms with van der Waals surface area (Å²) in [6, 6.07) is 8.32. The van der Waals surface area contributed by atoms with Crippen molar-refractivity contribution in [1.82, 2.24) is 14.7 Å². The number of piperazine rings is 1. The van der Waals surface area contributed by atoms with Gasteiger partial charge in [-0.3, -0.25) is 4.79 Å². The minimum atomic E-state index is 0.296. The van der Waals surface area contributed by atoms with Crippen LogP contribution in [-0.2, 0) is 4.79 Å². The van der Waals surface area contributed by atoms with Gasteiger partial charge in [-0.05, 0) is 44.2 Å². The molecule has 2 saturated heterocycles. The van der Waals surface area contributed by atoms with E-state index < -0.39 is 0 Å². The van der Waals surface area contributed by atoms with Crippen LogP contribution in [0, 0.1) is 0 Å². The minimum absolute atomic E-state index is 0.296. The number of hydrogen-bond donors (Lipinski definition) is 1. The first-order valence-corrected chi connectivity index (χ1v) is 9.73. The maximum absolute atomic E-state index is 12.6. The Morgan fingerprint density at radius 2 is 1.88 bits per heavy atom. The summed E-state index contributed by atoms with van der Waals surface area (Å²) in [5, 5.41) is 3.56. The van der Waals surface area contributed by atoms with Gasteiger partial charge in [0.05, 0.1) is 7.11 Å². The van der Waals surface area contributed by atoms with Crippen LogP contribution in [0.4, 0.5) is 5.69 Å². The number of amides is 1. The normalized spacial score (nSPS) is 22.2. The lowest BCUT2D eigenvalue weighted by Gasteiger charge is -2.35. The highest BCUT2D eigenvalue weighted by Crippen LogP contribution is 2.19. The highest BCUT2D eigenvalue weighted by atomic mass is 16.5. The number of ether oxygens (including phenoxy) is 1. The van der Waals surface area contributed by atoms with E-state index in [4.69, 9.17) is 4.74 Å². The molecule has 6 nitrogen and oxygen atoms in total. The molecule has 26 heavy (non-hydrogen) atoms. The molecule has 0 aliphatic carbocycles. The second-order valence-electron chi connectivity index (χ2n) is 7.45. The predicted molar refractivity (Wildman–Crippen MR) is 105 cm³/mol. The molecular formula is C20H32N4O2. The van der Waals surface area contributed by atoms with E-state index in [1.165, 1.54) is 0 Å². The number of piperidine rings is 1. The summed E-state index contributed by atoms with van der Waals surface area (Å²) in [5.74, 6) is 1.16. The molecule has 0 radical (unpaired) electrons. The topological polar surface area (TPSA) is 48.1 Å². The van der Waals surface area contributed by atoms with Gasteiger partial charge in [0, 0.05) is 64.0 Å². The summed E-state index contributed by atoms with van der Waals surface area (Å²) in [6.07, 6.45) is 2.81. The molecule has 0 spiro atoms.